The normalized spacial score (nSPS) is 12.0. The zero-order valence-electron chi connectivity index (χ0n) is 15.2. The quantitative estimate of drug-likeness (QED) is 0.623. The van der Waals surface area contributed by atoms with Crippen molar-refractivity contribution in [1.29, 1.82) is 0 Å². The highest BCUT2D eigenvalue weighted by molar-refractivity contribution is 8.00. The van der Waals surface area contributed by atoms with Crippen molar-refractivity contribution < 1.29 is 4.79 Å². The van der Waals surface area contributed by atoms with Crippen LogP contribution in [0.15, 0.2) is 65.8 Å². The molecule has 0 bridgehead atoms. The fraction of sp³-hybridized carbons (Fsp3) is 0.250. The molecule has 0 fully saturated rings. The van der Waals surface area contributed by atoms with Gasteiger partial charge < -0.3 is 9.47 Å². The van der Waals surface area contributed by atoms with Gasteiger partial charge in [0.15, 0.2) is 5.16 Å². The van der Waals surface area contributed by atoms with Crippen molar-refractivity contribution >= 4 is 23.4 Å². The third-order valence-electron chi connectivity index (χ3n) is 4.19. The molecule has 0 aliphatic carbocycles. The van der Waals surface area contributed by atoms with Crippen molar-refractivity contribution in [3.63, 3.8) is 0 Å². The number of amides is 1. The minimum Gasteiger partial charge on any atom is -0.315 e. The highest BCUT2D eigenvalue weighted by Gasteiger charge is 2.22. The summed E-state index contributed by atoms with van der Waals surface area (Å²) in [6.45, 7) is 4.53. The Morgan fingerprint density at radius 3 is 2.35 bits per heavy atom. The third-order valence-corrected chi connectivity index (χ3v) is 5.26. The number of rotatable bonds is 6. The highest BCUT2D eigenvalue weighted by atomic mass is 32.2. The van der Waals surface area contributed by atoms with Crippen LogP contribution in [0.4, 0.5) is 5.69 Å². The van der Waals surface area contributed by atoms with Crippen LogP contribution in [0.3, 0.4) is 0 Å². The van der Waals surface area contributed by atoms with Gasteiger partial charge in [-0.2, -0.15) is 0 Å². The molecule has 5 nitrogen and oxygen atoms in total. The molecule has 0 aliphatic rings. The summed E-state index contributed by atoms with van der Waals surface area (Å²) in [7, 11) is 1.80. The first-order chi connectivity index (χ1) is 12.6. The molecule has 1 atom stereocenters. The maximum Gasteiger partial charge on any atom is 0.240 e. The Bertz CT molecular complexity index is 864. The smallest absolute Gasteiger partial charge is 0.240 e. The maximum atomic E-state index is 12.8. The van der Waals surface area contributed by atoms with Gasteiger partial charge in [-0.3, -0.25) is 4.79 Å². The van der Waals surface area contributed by atoms with E-state index in [2.05, 4.69) is 22.3 Å². The van der Waals surface area contributed by atoms with Crippen molar-refractivity contribution in [1.82, 2.24) is 14.8 Å². The Hall–Kier alpha value is -2.60. The lowest BCUT2D eigenvalue weighted by Gasteiger charge is -2.21. The van der Waals surface area contributed by atoms with Crippen LogP contribution in [0, 0.1) is 6.92 Å². The van der Waals surface area contributed by atoms with Gasteiger partial charge in [0.2, 0.25) is 5.91 Å². The van der Waals surface area contributed by atoms with Crippen molar-refractivity contribution in [2.75, 3.05) is 11.9 Å². The molecule has 0 aliphatic heterocycles. The van der Waals surface area contributed by atoms with Crippen LogP contribution in [0.5, 0.6) is 0 Å². The van der Waals surface area contributed by atoms with Crippen LogP contribution in [-0.2, 0) is 11.3 Å². The van der Waals surface area contributed by atoms with Crippen molar-refractivity contribution in [2.24, 2.45) is 0 Å². The second-order valence-electron chi connectivity index (χ2n) is 6.09. The number of carbonyl (C=O) groups is 1. The number of anilines is 1. The molecule has 2 aromatic carbocycles. The molecule has 0 radical (unpaired) electrons. The van der Waals surface area contributed by atoms with Crippen molar-refractivity contribution in [2.45, 2.75) is 30.8 Å². The Morgan fingerprint density at radius 1 is 1.08 bits per heavy atom. The number of hydrogen-bond donors (Lipinski definition) is 0. The lowest BCUT2D eigenvalue weighted by molar-refractivity contribution is -0.117. The standard InChI is InChI=1S/C20H22N4OS/c1-15(19(25)23(3)18-12-8-5-9-13-18)26-20-22-21-16(2)24(20)14-17-10-6-4-7-11-17/h4-13,15H,14H2,1-3H3/t15-/m0/s1. The number of nitrogens with zero attached hydrogens (tertiary/aromatic N) is 4. The van der Waals surface area contributed by atoms with Gasteiger partial charge in [-0.05, 0) is 31.5 Å². The van der Waals surface area contributed by atoms with Gasteiger partial charge >= 0.3 is 0 Å². The average molecular weight is 366 g/mol. The topological polar surface area (TPSA) is 51.0 Å². The summed E-state index contributed by atoms with van der Waals surface area (Å²) in [4.78, 5) is 14.5. The largest absolute Gasteiger partial charge is 0.315 e. The summed E-state index contributed by atoms with van der Waals surface area (Å²) in [5.41, 5.74) is 2.06. The number of hydrogen-bond acceptors (Lipinski definition) is 4. The van der Waals surface area contributed by atoms with Gasteiger partial charge in [-0.1, -0.05) is 60.3 Å². The molecular weight excluding hydrogens is 344 g/mol. The molecule has 0 saturated carbocycles. The van der Waals surface area contributed by atoms with Gasteiger partial charge in [0.1, 0.15) is 5.82 Å². The average Bonchev–Trinajstić information content (AvgIpc) is 3.01. The van der Waals surface area contributed by atoms with E-state index in [-0.39, 0.29) is 11.2 Å². The van der Waals surface area contributed by atoms with Crippen LogP contribution in [-0.4, -0.2) is 33.0 Å². The fourth-order valence-corrected chi connectivity index (χ4v) is 3.64. The van der Waals surface area contributed by atoms with Gasteiger partial charge in [0, 0.05) is 12.7 Å². The monoisotopic (exact) mass is 366 g/mol. The first-order valence-electron chi connectivity index (χ1n) is 8.49. The minimum atomic E-state index is -0.265. The maximum absolute atomic E-state index is 12.8. The molecule has 6 heteroatoms. The molecule has 134 valence electrons. The third kappa shape index (κ3) is 4.14. The summed E-state index contributed by atoms with van der Waals surface area (Å²) >= 11 is 1.44. The number of para-hydroxylation sites is 1. The number of aryl methyl sites for hydroxylation is 1. The molecule has 0 N–H and O–H groups in total. The zero-order valence-corrected chi connectivity index (χ0v) is 16.0. The second kappa shape index (κ2) is 8.19. The van der Waals surface area contributed by atoms with E-state index in [0.717, 1.165) is 16.7 Å². The van der Waals surface area contributed by atoms with E-state index >= 15 is 0 Å². The Morgan fingerprint density at radius 2 is 1.69 bits per heavy atom. The summed E-state index contributed by atoms with van der Waals surface area (Å²) in [5.74, 6) is 0.875. The number of aromatic nitrogens is 3. The van der Waals surface area contributed by atoms with E-state index in [4.69, 9.17) is 0 Å². The van der Waals surface area contributed by atoms with Crippen LogP contribution in [0.1, 0.15) is 18.3 Å². The highest BCUT2D eigenvalue weighted by Crippen LogP contribution is 2.25. The summed E-state index contributed by atoms with van der Waals surface area (Å²) in [5, 5.41) is 8.96. The van der Waals surface area contributed by atoms with Crippen LogP contribution >= 0.6 is 11.8 Å². The minimum absolute atomic E-state index is 0.0353. The molecule has 3 rings (SSSR count). The van der Waals surface area contributed by atoms with Crippen molar-refractivity contribution in [3.8, 4) is 0 Å². The summed E-state index contributed by atoms with van der Waals surface area (Å²) < 4.78 is 2.05. The summed E-state index contributed by atoms with van der Waals surface area (Å²) in [6.07, 6.45) is 0. The predicted octanol–water partition coefficient (Wildman–Crippen LogP) is 3.78. The molecule has 0 unspecified atom stereocenters. The van der Waals surface area contributed by atoms with Crippen molar-refractivity contribution in [3.05, 3.63) is 72.1 Å². The molecule has 26 heavy (non-hydrogen) atoms. The predicted molar refractivity (Wildman–Crippen MR) is 105 cm³/mol. The van der Waals surface area contributed by atoms with Crippen LogP contribution < -0.4 is 4.90 Å². The Balaban J connectivity index is 1.73. The number of carbonyl (C=O) groups excluding carboxylic acids is 1. The summed E-state index contributed by atoms with van der Waals surface area (Å²) in [6, 6.07) is 19.8. The first kappa shape index (κ1) is 18.2. The van der Waals surface area contributed by atoms with E-state index in [1.54, 1.807) is 11.9 Å². The van der Waals surface area contributed by atoms with Gasteiger partial charge in [0.25, 0.3) is 0 Å². The number of thioether (sulfide) groups is 1. The Kier molecular flexibility index (Phi) is 5.73. The van der Waals surface area contributed by atoms with E-state index in [9.17, 15) is 4.79 Å². The van der Waals surface area contributed by atoms with Gasteiger partial charge in [-0.25, -0.2) is 0 Å². The molecule has 1 heterocycles. The van der Waals surface area contributed by atoms with Crippen LogP contribution in [0.2, 0.25) is 0 Å². The molecular formula is C20H22N4OS. The molecule has 3 aromatic rings. The van der Waals surface area contributed by atoms with E-state index in [1.165, 1.54) is 17.3 Å². The SMILES string of the molecule is Cc1nnc(S[C@@H](C)C(=O)N(C)c2ccccc2)n1Cc1ccccc1. The van der Waals surface area contributed by atoms with Gasteiger partial charge in [-0.15, -0.1) is 10.2 Å². The zero-order chi connectivity index (χ0) is 18.5. The van der Waals surface area contributed by atoms with E-state index in [0.29, 0.717) is 6.54 Å². The van der Waals surface area contributed by atoms with Gasteiger partial charge in [0.05, 0.1) is 11.8 Å². The lowest BCUT2D eigenvalue weighted by atomic mass is 10.2. The molecule has 1 aromatic heterocycles. The lowest BCUT2D eigenvalue weighted by Crippen LogP contribution is -2.33. The second-order valence-corrected chi connectivity index (χ2v) is 7.40. The molecule has 1 amide bonds. The molecule has 0 spiro atoms. The number of benzene rings is 2. The van der Waals surface area contributed by atoms with E-state index in [1.807, 2.05) is 66.9 Å². The Labute approximate surface area is 158 Å². The fourth-order valence-electron chi connectivity index (χ4n) is 2.66. The first-order valence-corrected chi connectivity index (χ1v) is 9.37. The van der Waals surface area contributed by atoms with Crippen LogP contribution in [0.25, 0.3) is 0 Å². The van der Waals surface area contributed by atoms with E-state index < -0.39 is 0 Å². The molecule has 0 saturated heterocycles.